The maximum absolute atomic E-state index is 12.9. The summed E-state index contributed by atoms with van der Waals surface area (Å²) in [5.74, 6) is 0.368. The summed E-state index contributed by atoms with van der Waals surface area (Å²) in [4.78, 5) is 36.1. The molecule has 0 spiro atoms. The van der Waals surface area contributed by atoms with Crippen LogP contribution in [-0.2, 0) is 11.0 Å². The number of piperazine rings is 1. The average molecular weight is 592 g/mol. The van der Waals surface area contributed by atoms with Gasteiger partial charge >= 0.3 is 6.18 Å². The molecule has 0 aliphatic carbocycles. The number of para-hydroxylation sites is 1. The second-order valence-electron chi connectivity index (χ2n) is 10.3. The number of fused-ring (bicyclic) bond motifs is 1. The fourth-order valence-electron chi connectivity index (χ4n) is 5.29. The molecule has 1 saturated heterocycles. The molecule has 3 aromatic heterocycles. The number of hydrogen-bond acceptors (Lipinski definition) is 8. The number of carbonyl (C=O) groups is 1. The molecular weight excluding hydrogens is 563 g/mol. The zero-order valence-corrected chi connectivity index (χ0v) is 23.5. The van der Waals surface area contributed by atoms with Crippen molar-refractivity contribution in [1.29, 1.82) is 0 Å². The van der Waals surface area contributed by atoms with E-state index in [1.165, 1.54) is 24.5 Å². The minimum Gasteiger partial charge on any atom is -0.353 e. The predicted octanol–water partition coefficient (Wildman–Crippen LogP) is 5.62. The van der Waals surface area contributed by atoms with Crippen LogP contribution in [0.2, 0.25) is 0 Å². The Morgan fingerprint density at radius 1 is 1.07 bits per heavy atom. The Bertz CT molecular complexity index is 1730. The zero-order chi connectivity index (χ0) is 30.1. The summed E-state index contributed by atoms with van der Waals surface area (Å²) in [6.45, 7) is 6.77. The fourth-order valence-corrected chi connectivity index (χ4v) is 5.29. The molecular formula is C30H28F3N7O3. The molecule has 10 nitrogen and oxygen atoms in total. The number of amides is 1. The van der Waals surface area contributed by atoms with Crippen molar-refractivity contribution >= 4 is 16.8 Å². The molecule has 1 aliphatic heterocycles. The number of nitrogens with zero attached hydrogens (tertiary/aromatic N) is 7. The van der Waals surface area contributed by atoms with E-state index in [4.69, 9.17) is 9.36 Å². The first-order valence-corrected chi connectivity index (χ1v) is 13.8. The van der Waals surface area contributed by atoms with E-state index in [-0.39, 0.29) is 35.2 Å². The summed E-state index contributed by atoms with van der Waals surface area (Å²) in [6.07, 6.45) is -0.591. The van der Waals surface area contributed by atoms with E-state index >= 15 is 0 Å². The van der Waals surface area contributed by atoms with Crippen LogP contribution in [0.4, 0.5) is 13.2 Å². The lowest BCUT2D eigenvalue weighted by Crippen LogP contribution is -2.50. The van der Waals surface area contributed by atoms with Gasteiger partial charge in [-0.3, -0.25) is 9.69 Å². The number of carbonyl (C=O) groups excluding carboxylic acids is 1. The topological polar surface area (TPSA) is 102 Å². The second kappa shape index (κ2) is 11.5. The van der Waals surface area contributed by atoms with Gasteiger partial charge in [-0.05, 0) is 37.2 Å². The smallest absolute Gasteiger partial charge is 0.353 e. The standard InChI is InChI=1S/C30H28F3N7O3/c1-3-12-38-13-14-39(19(2)41)26(18-38)25-15-21-6-4-5-7-24(21)40(25)43-27-17-34-23(16-35-27)29-36-28(37-42-29)20-8-10-22(11-9-20)30(31,32)33/h4-11,15-17,26H,3,12-14,18H2,1-2H3. The Kier molecular flexibility index (Phi) is 7.57. The Morgan fingerprint density at radius 2 is 1.86 bits per heavy atom. The van der Waals surface area contributed by atoms with Crippen molar-refractivity contribution in [3.05, 3.63) is 78.2 Å². The summed E-state index contributed by atoms with van der Waals surface area (Å²) < 4.78 is 45.7. The molecule has 1 fully saturated rings. The van der Waals surface area contributed by atoms with Gasteiger partial charge in [0.05, 0.1) is 35.2 Å². The van der Waals surface area contributed by atoms with Crippen LogP contribution in [0.25, 0.3) is 33.9 Å². The number of aromatic nitrogens is 5. The van der Waals surface area contributed by atoms with Gasteiger partial charge in [-0.15, -0.1) is 0 Å². The van der Waals surface area contributed by atoms with E-state index in [0.717, 1.165) is 48.2 Å². The van der Waals surface area contributed by atoms with E-state index in [9.17, 15) is 18.0 Å². The summed E-state index contributed by atoms with van der Waals surface area (Å²) in [6, 6.07) is 14.1. The molecule has 0 bridgehead atoms. The number of alkyl halides is 3. The maximum Gasteiger partial charge on any atom is 0.416 e. The molecule has 6 rings (SSSR count). The molecule has 5 aromatic rings. The van der Waals surface area contributed by atoms with Crippen LogP contribution in [0.15, 0.2) is 71.5 Å². The number of rotatable bonds is 7. The molecule has 0 radical (unpaired) electrons. The first kappa shape index (κ1) is 28.3. The molecule has 4 heterocycles. The first-order valence-electron chi connectivity index (χ1n) is 13.8. The SMILES string of the molecule is CCCN1CCN(C(C)=O)C(c2cc3ccccc3n2Oc2cnc(-c3nc(-c4ccc(C(F)(F)F)cc4)no3)cn2)C1. The lowest BCUT2D eigenvalue weighted by molar-refractivity contribution is -0.137. The Labute approximate surface area is 244 Å². The average Bonchev–Trinajstić information content (AvgIpc) is 3.63. The van der Waals surface area contributed by atoms with E-state index < -0.39 is 11.7 Å². The molecule has 43 heavy (non-hydrogen) atoms. The van der Waals surface area contributed by atoms with Crippen molar-refractivity contribution in [3.63, 3.8) is 0 Å². The largest absolute Gasteiger partial charge is 0.416 e. The predicted molar refractivity (Wildman–Crippen MR) is 151 cm³/mol. The van der Waals surface area contributed by atoms with E-state index in [1.807, 2.05) is 35.2 Å². The first-order chi connectivity index (χ1) is 20.7. The van der Waals surface area contributed by atoms with Crippen molar-refractivity contribution < 1.29 is 27.3 Å². The van der Waals surface area contributed by atoms with Crippen molar-refractivity contribution in [2.24, 2.45) is 0 Å². The van der Waals surface area contributed by atoms with Crippen LogP contribution in [0.3, 0.4) is 0 Å². The van der Waals surface area contributed by atoms with Gasteiger partial charge in [0.1, 0.15) is 5.69 Å². The van der Waals surface area contributed by atoms with Gasteiger partial charge in [0.2, 0.25) is 11.7 Å². The summed E-state index contributed by atoms with van der Waals surface area (Å²) in [5, 5.41) is 4.83. The van der Waals surface area contributed by atoms with Gasteiger partial charge in [0, 0.05) is 37.5 Å². The van der Waals surface area contributed by atoms with Crippen LogP contribution in [0.5, 0.6) is 5.88 Å². The molecule has 1 atom stereocenters. The third kappa shape index (κ3) is 5.80. The van der Waals surface area contributed by atoms with Crippen molar-refractivity contribution in [2.45, 2.75) is 32.5 Å². The van der Waals surface area contributed by atoms with Crippen LogP contribution in [0.1, 0.15) is 37.6 Å². The van der Waals surface area contributed by atoms with E-state index in [0.29, 0.717) is 18.7 Å². The zero-order valence-electron chi connectivity index (χ0n) is 23.5. The molecule has 0 saturated carbocycles. The quantitative estimate of drug-likeness (QED) is 0.240. The summed E-state index contributed by atoms with van der Waals surface area (Å²) in [7, 11) is 0. The lowest BCUT2D eigenvalue weighted by Gasteiger charge is -2.41. The minimum absolute atomic E-state index is 0.00248. The molecule has 222 valence electrons. The number of halogens is 3. The molecule has 1 amide bonds. The Balaban J connectivity index is 1.26. The second-order valence-corrected chi connectivity index (χ2v) is 10.3. The van der Waals surface area contributed by atoms with Gasteiger partial charge < -0.3 is 14.3 Å². The highest BCUT2D eigenvalue weighted by molar-refractivity contribution is 5.82. The van der Waals surface area contributed by atoms with Gasteiger partial charge in [0.15, 0.2) is 0 Å². The van der Waals surface area contributed by atoms with Gasteiger partial charge in [0.25, 0.3) is 11.8 Å². The molecule has 0 N–H and O–H groups in total. The van der Waals surface area contributed by atoms with Crippen LogP contribution in [-0.4, -0.2) is 66.7 Å². The van der Waals surface area contributed by atoms with Crippen molar-refractivity contribution in [1.82, 2.24) is 34.6 Å². The van der Waals surface area contributed by atoms with Crippen LogP contribution in [0, 0.1) is 0 Å². The highest BCUT2D eigenvalue weighted by Crippen LogP contribution is 2.33. The number of benzene rings is 2. The minimum atomic E-state index is -4.44. The molecule has 1 unspecified atom stereocenters. The van der Waals surface area contributed by atoms with E-state index in [1.54, 1.807) is 11.7 Å². The third-order valence-electron chi connectivity index (χ3n) is 7.37. The Hall–Kier alpha value is -4.78. The maximum atomic E-state index is 12.9. The molecule has 1 aliphatic rings. The van der Waals surface area contributed by atoms with Gasteiger partial charge in [-0.1, -0.05) is 42.4 Å². The molecule has 13 heteroatoms. The van der Waals surface area contributed by atoms with Crippen molar-refractivity contribution in [2.75, 3.05) is 26.2 Å². The van der Waals surface area contributed by atoms with Gasteiger partial charge in [-0.2, -0.15) is 22.9 Å². The highest BCUT2D eigenvalue weighted by atomic mass is 19.4. The normalized spacial score (nSPS) is 16.1. The lowest BCUT2D eigenvalue weighted by atomic mass is 10.1. The monoisotopic (exact) mass is 591 g/mol. The van der Waals surface area contributed by atoms with Crippen LogP contribution >= 0.6 is 0 Å². The summed E-state index contributed by atoms with van der Waals surface area (Å²) >= 11 is 0. The van der Waals surface area contributed by atoms with Crippen molar-refractivity contribution in [3.8, 4) is 28.9 Å². The van der Waals surface area contributed by atoms with E-state index in [2.05, 4.69) is 31.9 Å². The highest BCUT2D eigenvalue weighted by Gasteiger charge is 2.33. The summed E-state index contributed by atoms with van der Waals surface area (Å²) in [5.41, 5.74) is 1.50. The third-order valence-corrected chi connectivity index (χ3v) is 7.37. The molecule has 2 aromatic carbocycles. The Morgan fingerprint density at radius 3 is 2.56 bits per heavy atom. The fraction of sp³-hybridized carbons (Fsp3) is 0.300. The number of hydrogen-bond donors (Lipinski definition) is 0. The van der Waals surface area contributed by atoms with Gasteiger partial charge in [-0.25, -0.2) is 9.97 Å². The van der Waals surface area contributed by atoms with Crippen LogP contribution < -0.4 is 4.84 Å².